The molecule has 0 amide bonds. The molecule has 0 bridgehead atoms. The van der Waals surface area contributed by atoms with Crippen molar-refractivity contribution >= 4 is 0 Å². The molecule has 2 N–H and O–H groups in total. The third-order valence-corrected chi connectivity index (χ3v) is 1.42. The second-order valence-corrected chi connectivity index (χ2v) is 2.91. The molecule has 1 aromatic heterocycles. The Hall–Kier alpha value is -0.870. The van der Waals surface area contributed by atoms with E-state index in [4.69, 9.17) is 9.63 Å². The molecular weight excluding hydrogens is 156 g/mol. The number of aryl methyl sites for hydroxylation is 1. The normalized spacial score (nSPS) is 13.2. The highest BCUT2D eigenvalue weighted by molar-refractivity contribution is 5.02. The number of nitrogens with one attached hydrogen (secondary N) is 1. The molecule has 0 radical (unpaired) electrons. The molecule has 0 fully saturated rings. The van der Waals surface area contributed by atoms with E-state index in [-0.39, 0.29) is 6.10 Å². The lowest BCUT2D eigenvalue weighted by Crippen LogP contribution is -2.23. The summed E-state index contributed by atoms with van der Waals surface area (Å²) in [6.45, 7) is 4.81. The molecule has 0 saturated heterocycles. The van der Waals surface area contributed by atoms with Crippen molar-refractivity contribution < 1.29 is 9.63 Å². The highest BCUT2D eigenvalue weighted by Crippen LogP contribution is 2.00. The average Bonchev–Trinajstić information content (AvgIpc) is 2.35. The lowest BCUT2D eigenvalue weighted by atomic mass is 10.3. The van der Waals surface area contributed by atoms with Crippen molar-refractivity contribution in [2.75, 3.05) is 6.54 Å². The first-order chi connectivity index (χ1) is 5.68. The Balaban J connectivity index is 2.24. The molecule has 1 atom stereocenters. The van der Waals surface area contributed by atoms with E-state index in [1.165, 1.54) is 0 Å². The predicted molar refractivity (Wildman–Crippen MR) is 44.6 cm³/mol. The number of hydrogen-bond acceptors (Lipinski definition) is 4. The van der Waals surface area contributed by atoms with Gasteiger partial charge in [-0.15, -0.1) is 0 Å². The van der Waals surface area contributed by atoms with Crippen LogP contribution in [0.5, 0.6) is 0 Å². The van der Waals surface area contributed by atoms with Crippen molar-refractivity contribution in [3.63, 3.8) is 0 Å². The second-order valence-electron chi connectivity index (χ2n) is 2.91. The van der Waals surface area contributed by atoms with Crippen LogP contribution in [0.4, 0.5) is 0 Å². The molecule has 0 unspecified atom stereocenters. The van der Waals surface area contributed by atoms with E-state index < -0.39 is 0 Å². The quantitative estimate of drug-likeness (QED) is 0.689. The molecule has 68 valence electrons. The van der Waals surface area contributed by atoms with Gasteiger partial charge in [-0.3, -0.25) is 0 Å². The Morgan fingerprint density at radius 2 is 2.50 bits per heavy atom. The number of aliphatic hydroxyl groups is 1. The first-order valence-corrected chi connectivity index (χ1v) is 3.99. The van der Waals surface area contributed by atoms with Crippen LogP contribution in [0.2, 0.25) is 0 Å². The minimum absolute atomic E-state index is 0.321. The van der Waals surface area contributed by atoms with Gasteiger partial charge in [0.05, 0.1) is 11.8 Å². The number of rotatable bonds is 4. The van der Waals surface area contributed by atoms with E-state index in [1.54, 1.807) is 6.92 Å². The van der Waals surface area contributed by atoms with Gasteiger partial charge >= 0.3 is 0 Å². The Labute approximate surface area is 71.6 Å². The van der Waals surface area contributed by atoms with Crippen molar-refractivity contribution in [3.05, 3.63) is 17.5 Å². The molecule has 0 aliphatic heterocycles. The summed E-state index contributed by atoms with van der Waals surface area (Å²) in [4.78, 5) is 0. The van der Waals surface area contributed by atoms with Crippen LogP contribution in [-0.2, 0) is 6.54 Å². The molecule has 1 aromatic rings. The van der Waals surface area contributed by atoms with E-state index in [0.717, 1.165) is 11.5 Å². The Bertz CT molecular complexity index is 233. The van der Waals surface area contributed by atoms with E-state index in [1.807, 2.05) is 13.0 Å². The standard InChI is InChI=1S/C8H14N2O2/c1-6(11)4-9-5-8-3-7(2)12-10-8/h3,6,9,11H,4-5H2,1-2H3/t6-/m0/s1. The molecule has 4 nitrogen and oxygen atoms in total. The fourth-order valence-corrected chi connectivity index (χ4v) is 0.910. The molecule has 12 heavy (non-hydrogen) atoms. The van der Waals surface area contributed by atoms with Crippen LogP contribution in [0.15, 0.2) is 10.6 Å². The summed E-state index contributed by atoms with van der Waals surface area (Å²) in [6.07, 6.45) is -0.321. The summed E-state index contributed by atoms with van der Waals surface area (Å²) in [5.41, 5.74) is 0.869. The number of nitrogens with zero attached hydrogens (tertiary/aromatic N) is 1. The number of aromatic nitrogens is 1. The SMILES string of the molecule is Cc1cc(CNC[C@H](C)O)no1. The molecule has 0 aliphatic rings. The van der Waals surface area contributed by atoms with Gasteiger partial charge in [-0.25, -0.2) is 0 Å². The molecule has 0 saturated carbocycles. The molecule has 0 spiro atoms. The second kappa shape index (κ2) is 4.23. The average molecular weight is 170 g/mol. The van der Waals surface area contributed by atoms with Crippen molar-refractivity contribution in [2.24, 2.45) is 0 Å². The van der Waals surface area contributed by atoms with Gasteiger partial charge < -0.3 is 14.9 Å². The lowest BCUT2D eigenvalue weighted by molar-refractivity contribution is 0.190. The van der Waals surface area contributed by atoms with E-state index in [0.29, 0.717) is 13.1 Å². The lowest BCUT2D eigenvalue weighted by Gasteiger charge is -2.03. The zero-order valence-corrected chi connectivity index (χ0v) is 7.37. The Kier molecular flexibility index (Phi) is 3.25. The smallest absolute Gasteiger partial charge is 0.133 e. The number of hydrogen-bond donors (Lipinski definition) is 2. The topological polar surface area (TPSA) is 58.3 Å². The van der Waals surface area contributed by atoms with Crippen molar-refractivity contribution in [2.45, 2.75) is 26.5 Å². The van der Waals surface area contributed by atoms with Crippen molar-refractivity contribution in [1.82, 2.24) is 10.5 Å². The summed E-state index contributed by atoms with van der Waals surface area (Å²) >= 11 is 0. The first-order valence-electron chi connectivity index (χ1n) is 3.99. The van der Waals surface area contributed by atoms with Crippen LogP contribution in [0.1, 0.15) is 18.4 Å². The van der Waals surface area contributed by atoms with Gasteiger partial charge in [0.15, 0.2) is 0 Å². The minimum Gasteiger partial charge on any atom is -0.392 e. The fraction of sp³-hybridized carbons (Fsp3) is 0.625. The third-order valence-electron chi connectivity index (χ3n) is 1.42. The molecule has 0 aromatic carbocycles. The summed E-state index contributed by atoms with van der Waals surface area (Å²) in [7, 11) is 0. The highest BCUT2D eigenvalue weighted by atomic mass is 16.5. The Morgan fingerprint density at radius 1 is 1.75 bits per heavy atom. The first kappa shape index (κ1) is 9.22. The van der Waals surface area contributed by atoms with Crippen molar-refractivity contribution in [1.29, 1.82) is 0 Å². The molecule has 0 aliphatic carbocycles. The van der Waals surface area contributed by atoms with Crippen LogP contribution in [0.25, 0.3) is 0 Å². The van der Waals surface area contributed by atoms with E-state index >= 15 is 0 Å². The zero-order chi connectivity index (χ0) is 8.97. The monoisotopic (exact) mass is 170 g/mol. The van der Waals surface area contributed by atoms with Crippen LogP contribution in [0.3, 0.4) is 0 Å². The molecule has 4 heteroatoms. The third kappa shape index (κ3) is 3.02. The number of aliphatic hydroxyl groups excluding tert-OH is 1. The summed E-state index contributed by atoms with van der Waals surface area (Å²) in [5.74, 6) is 0.809. The van der Waals surface area contributed by atoms with Crippen LogP contribution < -0.4 is 5.32 Å². The van der Waals surface area contributed by atoms with Crippen LogP contribution in [-0.4, -0.2) is 22.9 Å². The summed E-state index contributed by atoms with van der Waals surface area (Å²) < 4.78 is 4.87. The van der Waals surface area contributed by atoms with Gasteiger partial charge in [0.2, 0.25) is 0 Å². The summed E-state index contributed by atoms with van der Waals surface area (Å²) in [6, 6.07) is 1.87. The van der Waals surface area contributed by atoms with Crippen molar-refractivity contribution in [3.8, 4) is 0 Å². The maximum Gasteiger partial charge on any atom is 0.133 e. The molecular formula is C8H14N2O2. The van der Waals surface area contributed by atoms with Crippen LogP contribution in [0, 0.1) is 6.92 Å². The van der Waals surface area contributed by atoms with Gasteiger partial charge in [0.25, 0.3) is 0 Å². The van der Waals surface area contributed by atoms with Gasteiger partial charge in [0, 0.05) is 19.2 Å². The molecule has 1 rings (SSSR count). The molecule has 1 heterocycles. The van der Waals surface area contributed by atoms with Gasteiger partial charge in [-0.1, -0.05) is 5.16 Å². The highest BCUT2D eigenvalue weighted by Gasteiger charge is 1.99. The van der Waals surface area contributed by atoms with E-state index in [9.17, 15) is 0 Å². The minimum atomic E-state index is -0.321. The summed E-state index contributed by atoms with van der Waals surface area (Å²) in [5, 5.41) is 15.8. The largest absolute Gasteiger partial charge is 0.392 e. The maximum atomic E-state index is 8.93. The fourth-order valence-electron chi connectivity index (χ4n) is 0.910. The zero-order valence-electron chi connectivity index (χ0n) is 7.37. The van der Waals surface area contributed by atoms with Gasteiger partial charge in [-0.05, 0) is 13.8 Å². The maximum absolute atomic E-state index is 8.93. The van der Waals surface area contributed by atoms with Gasteiger partial charge in [-0.2, -0.15) is 0 Å². The van der Waals surface area contributed by atoms with Crippen LogP contribution >= 0.6 is 0 Å². The van der Waals surface area contributed by atoms with E-state index in [2.05, 4.69) is 10.5 Å². The Morgan fingerprint density at radius 3 is 3.00 bits per heavy atom. The predicted octanol–water partition coefficient (Wildman–Crippen LogP) is 0.453. The van der Waals surface area contributed by atoms with Gasteiger partial charge in [0.1, 0.15) is 5.76 Å².